The van der Waals surface area contributed by atoms with Gasteiger partial charge in [0, 0.05) is 11.1 Å². The van der Waals surface area contributed by atoms with E-state index in [1.807, 2.05) is 26.0 Å². The van der Waals surface area contributed by atoms with Crippen molar-refractivity contribution < 1.29 is 29.1 Å². The van der Waals surface area contributed by atoms with Gasteiger partial charge in [-0.2, -0.15) is 0 Å². The fourth-order valence-corrected chi connectivity index (χ4v) is 2.87. The Morgan fingerprint density at radius 2 is 1.63 bits per heavy atom. The van der Waals surface area contributed by atoms with E-state index in [1.54, 1.807) is 0 Å². The fraction of sp³-hybridized carbons (Fsp3) is 0.158. The Morgan fingerprint density at radius 3 is 2.22 bits per heavy atom. The van der Waals surface area contributed by atoms with E-state index < -0.39 is 17.8 Å². The van der Waals surface area contributed by atoms with Gasteiger partial charge in [0.15, 0.2) is 5.58 Å². The molecule has 0 aliphatic heterocycles. The summed E-state index contributed by atoms with van der Waals surface area (Å²) in [5.74, 6) is -3.05. The van der Waals surface area contributed by atoms with Crippen LogP contribution < -0.4 is 5.32 Å². The van der Waals surface area contributed by atoms with Crippen LogP contribution in [-0.4, -0.2) is 33.2 Å². The smallest absolute Gasteiger partial charge is 0.335 e. The van der Waals surface area contributed by atoms with Crippen molar-refractivity contribution >= 4 is 34.5 Å². The molecule has 3 aromatic rings. The van der Waals surface area contributed by atoms with Gasteiger partial charge in [0.05, 0.1) is 17.5 Å². The lowest BCUT2D eigenvalue weighted by Crippen LogP contribution is -2.16. The molecule has 8 nitrogen and oxygen atoms in total. The van der Waals surface area contributed by atoms with E-state index in [2.05, 4.69) is 10.5 Å². The van der Waals surface area contributed by atoms with Gasteiger partial charge in [-0.05, 0) is 49.2 Å². The molecule has 1 amide bonds. The van der Waals surface area contributed by atoms with Crippen molar-refractivity contribution in [2.45, 2.75) is 20.3 Å². The van der Waals surface area contributed by atoms with Gasteiger partial charge in [0.2, 0.25) is 5.91 Å². The monoisotopic (exact) mass is 368 g/mol. The third kappa shape index (κ3) is 3.79. The molecule has 27 heavy (non-hydrogen) atoms. The van der Waals surface area contributed by atoms with E-state index in [1.165, 1.54) is 12.1 Å². The number of nitrogens with one attached hydrogen (secondary N) is 1. The molecule has 0 aliphatic carbocycles. The molecule has 0 aliphatic rings. The molecule has 0 saturated carbocycles. The molecule has 3 N–H and O–H groups in total. The largest absolute Gasteiger partial charge is 0.478 e. The molecular formula is C19H16N2O6. The number of nitrogens with zero attached hydrogens (tertiary/aromatic N) is 1. The highest BCUT2D eigenvalue weighted by Crippen LogP contribution is 2.24. The number of aryl methyl sites for hydroxylation is 2. The highest BCUT2D eigenvalue weighted by molar-refractivity contribution is 5.99. The number of amides is 1. The lowest BCUT2D eigenvalue weighted by atomic mass is 10.1. The third-order valence-electron chi connectivity index (χ3n) is 4.02. The van der Waals surface area contributed by atoms with Gasteiger partial charge in [-0.25, -0.2) is 9.59 Å². The first kappa shape index (κ1) is 18.1. The van der Waals surface area contributed by atoms with Gasteiger partial charge in [-0.15, -0.1) is 0 Å². The van der Waals surface area contributed by atoms with Crippen LogP contribution in [0.2, 0.25) is 0 Å². The maximum atomic E-state index is 12.4. The van der Waals surface area contributed by atoms with Gasteiger partial charge in [-0.3, -0.25) is 4.79 Å². The molecule has 8 heteroatoms. The molecule has 1 aromatic heterocycles. The Morgan fingerprint density at radius 1 is 1.00 bits per heavy atom. The SMILES string of the molecule is Cc1cc(C)c2onc(CC(=O)Nc3cc(C(=O)O)cc(C(=O)O)c3)c2c1. The van der Waals surface area contributed by atoms with Crippen LogP contribution in [0.5, 0.6) is 0 Å². The minimum atomic E-state index is -1.29. The highest BCUT2D eigenvalue weighted by atomic mass is 16.5. The van der Waals surface area contributed by atoms with Crippen LogP contribution in [0.4, 0.5) is 5.69 Å². The average Bonchev–Trinajstić information content (AvgIpc) is 2.97. The number of carboxylic acid groups (broad SMARTS) is 2. The Balaban J connectivity index is 1.86. The summed E-state index contributed by atoms with van der Waals surface area (Å²) in [5.41, 5.74) is 2.57. The maximum Gasteiger partial charge on any atom is 0.335 e. The molecule has 2 aromatic carbocycles. The van der Waals surface area contributed by atoms with E-state index in [4.69, 9.17) is 14.7 Å². The molecule has 0 unspecified atom stereocenters. The molecule has 0 spiro atoms. The van der Waals surface area contributed by atoms with Gasteiger partial charge >= 0.3 is 11.9 Å². The third-order valence-corrected chi connectivity index (χ3v) is 4.02. The number of carbonyl (C=O) groups excluding carboxylic acids is 1. The predicted molar refractivity (Wildman–Crippen MR) is 96.2 cm³/mol. The maximum absolute atomic E-state index is 12.4. The number of hydrogen-bond donors (Lipinski definition) is 3. The van der Waals surface area contributed by atoms with E-state index in [0.29, 0.717) is 11.3 Å². The van der Waals surface area contributed by atoms with Gasteiger partial charge in [-0.1, -0.05) is 11.2 Å². The lowest BCUT2D eigenvalue weighted by molar-refractivity contribution is -0.115. The number of benzene rings is 2. The van der Waals surface area contributed by atoms with Crippen LogP contribution in [0.25, 0.3) is 11.0 Å². The molecule has 0 atom stereocenters. The zero-order valence-corrected chi connectivity index (χ0v) is 14.6. The minimum Gasteiger partial charge on any atom is -0.478 e. The Hall–Kier alpha value is -3.68. The summed E-state index contributed by atoms with van der Waals surface area (Å²) in [6.07, 6.45) is -0.102. The number of carboxylic acids is 2. The van der Waals surface area contributed by atoms with Crippen LogP contribution in [0.15, 0.2) is 34.9 Å². The average molecular weight is 368 g/mol. The minimum absolute atomic E-state index is 0.0810. The van der Waals surface area contributed by atoms with Crippen LogP contribution >= 0.6 is 0 Å². The van der Waals surface area contributed by atoms with Gasteiger partial charge in [0.1, 0.15) is 5.69 Å². The number of aromatic nitrogens is 1. The molecule has 138 valence electrons. The Labute approximate surface area is 153 Å². The number of carbonyl (C=O) groups is 3. The molecule has 0 bridgehead atoms. The van der Waals surface area contributed by atoms with Crippen molar-refractivity contribution in [3.63, 3.8) is 0 Å². The molecule has 0 radical (unpaired) electrons. The van der Waals surface area contributed by atoms with Crippen molar-refractivity contribution in [1.29, 1.82) is 0 Å². The zero-order chi connectivity index (χ0) is 19.7. The van der Waals surface area contributed by atoms with Crippen molar-refractivity contribution in [2.75, 3.05) is 5.32 Å². The summed E-state index contributed by atoms with van der Waals surface area (Å²) in [5, 5.41) is 25.4. The Kier molecular flexibility index (Phi) is 4.64. The fourth-order valence-electron chi connectivity index (χ4n) is 2.87. The first-order valence-corrected chi connectivity index (χ1v) is 8.01. The van der Waals surface area contributed by atoms with Gasteiger partial charge in [0.25, 0.3) is 0 Å². The molecular weight excluding hydrogens is 352 g/mol. The normalized spacial score (nSPS) is 10.7. The molecule has 0 fully saturated rings. The van der Waals surface area contributed by atoms with Crippen molar-refractivity contribution in [3.05, 3.63) is 58.3 Å². The summed E-state index contributed by atoms with van der Waals surface area (Å²) in [6, 6.07) is 7.23. The van der Waals surface area contributed by atoms with E-state index in [0.717, 1.165) is 22.6 Å². The first-order chi connectivity index (χ1) is 12.7. The van der Waals surface area contributed by atoms with Crippen LogP contribution in [0.1, 0.15) is 37.5 Å². The summed E-state index contributed by atoms with van der Waals surface area (Å²) in [4.78, 5) is 34.7. The summed E-state index contributed by atoms with van der Waals surface area (Å²) in [6.45, 7) is 3.81. The molecule has 1 heterocycles. The molecule has 3 rings (SSSR count). The van der Waals surface area contributed by atoms with Crippen LogP contribution in [0.3, 0.4) is 0 Å². The number of aromatic carboxylic acids is 2. The van der Waals surface area contributed by atoms with E-state index >= 15 is 0 Å². The van der Waals surface area contributed by atoms with Crippen molar-refractivity contribution in [2.24, 2.45) is 0 Å². The van der Waals surface area contributed by atoms with Crippen LogP contribution in [-0.2, 0) is 11.2 Å². The van der Waals surface area contributed by atoms with Crippen LogP contribution in [0, 0.1) is 13.8 Å². The second kappa shape index (κ2) is 6.91. The summed E-state index contributed by atoms with van der Waals surface area (Å²) < 4.78 is 5.30. The lowest BCUT2D eigenvalue weighted by Gasteiger charge is -2.07. The highest BCUT2D eigenvalue weighted by Gasteiger charge is 2.16. The Bertz CT molecular complexity index is 1050. The quantitative estimate of drug-likeness (QED) is 0.631. The number of hydrogen-bond acceptors (Lipinski definition) is 5. The first-order valence-electron chi connectivity index (χ1n) is 8.01. The predicted octanol–water partition coefficient (Wildman–Crippen LogP) is 3.02. The number of fused-ring (bicyclic) bond motifs is 1. The second-order valence-electron chi connectivity index (χ2n) is 6.22. The molecule has 0 saturated heterocycles. The number of rotatable bonds is 5. The van der Waals surface area contributed by atoms with Gasteiger partial charge < -0.3 is 20.1 Å². The summed E-state index contributed by atoms with van der Waals surface area (Å²) in [7, 11) is 0. The van der Waals surface area contributed by atoms with E-state index in [9.17, 15) is 14.4 Å². The zero-order valence-electron chi connectivity index (χ0n) is 14.6. The van der Waals surface area contributed by atoms with Crippen molar-refractivity contribution in [3.8, 4) is 0 Å². The second-order valence-corrected chi connectivity index (χ2v) is 6.22. The van der Waals surface area contributed by atoms with E-state index in [-0.39, 0.29) is 23.2 Å². The number of anilines is 1. The van der Waals surface area contributed by atoms with Crippen molar-refractivity contribution in [1.82, 2.24) is 5.16 Å². The standard InChI is InChI=1S/C19H16N2O6/c1-9-3-10(2)17-14(4-9)15(21-27-17)8-16(22)20-13-6-11(18(23)24)5-12(7-13)19(25)26/h3-7H,8H2,1-2H3,(H,20,22)(H,23,24)(H,25,26). The summed E-state index contributed by atoms with van der Waals surface area (Å²) >= 11 is 0. The topological polar surface area (TPSA) is 130 Å².